The number of carbonyl (C=O) groups excluding carboxylic acids is 2. The van der Waals surface area contributed by atoms with Crippen molar-refractivity contribution in [2.24, 2.45) is 5.92 Å². The van der Waals surface area contributed by atoms with E-state index in [4.69, 9.17) is 9.15 Å². The van der Waals surface area contributed by atoms with Gasteiger partial charge in [-0.15, -0.1) is 0 Å². The van der Waals surface area contributed by atoms with Crippen LogP contribution in [-0.2, 0) is 16.0 Å². The molecule has 2 aromatic rings. The molecule has 0 saturated carbocycles. The Morgan fingerprint density at radius 2 is 2.13 bits per heavy atom. The quantitative estimate of drug-likeness (QED) is 0.704. The molecule has 1 atom stereocenters. The van der Waals surface area contributed by atoms with Crippen LogP contribution in [0, 0.1) is 12.8 Å². The fourth-order valence-electron chi connectivity index (χ4n) is 3.99. The van der Waals surface area contributed by atoms with Crippen molar-refractivity contribution in [2.75, 3.05) is 26.7 Å². The van der Waals surface area contributed by atoms with Crippen molar-refractivity contribution in [2.45, 2.75) is 46.0 Å². The topological polar surface area (TPSA) is 88.8 Å². The highest BCUT2D eigenvalue weighted by Crippen LogP contribution is 2.25. The van der Waals surface area contributed by atoms with Crippen molar-refractivity contribution in [1.82, 2.24) is 10.2 Å². The molecule has 7 heteroatoms. The standard InChI is InChI=1S/C23H30N2O5/c1-4-11-24-22(27)16-6-5-12-25(14-16)21(26)10-9-19-15(2)18-8-7-17(29-3)13-20(18)30-23(19)28/h7-8,13,16H,4-6,9-12,14H2,1-3H3,(H,24,27). The Labute approximate surface area is 176 Å². The Balaban J connectivity index is 1.67. The van der Waals surface area contributed by atoms with E-state index < -0.39 is 5.63 Å². The number of hydrogen-bond acceptors (Lipinski definition) is 5. The predicted molar refractivity (Wildman–Crippen MR) is 115 cm³/mol. The van der Waals surface area contributed by atoms with Crippen LogP contribution in [0.5, 0.6) is 5.75 Å². The Hall–Kier alpha value is -2.83. The summed E-state index contributed by atoms with van der Waals surface area (Å²) in [6.07, 6.45) is 3.04. The summed E-state index contributed by atoms with van der Waals surface area (Å²) in [5.74, 6) is 0.458. The number of methoxy groups -OCH3 is 1. The lowest BCUT2D eigenvalue weighted by atomic mass is 9.96. The van der Waals surface area contributed by atoms with E-state index in [-0.39, 0.29) is 24.2 Å². The number of carbonyl (C=O) groups is 2. The number of piperidine rings is 1. The number of likely N-dealkylation sites (tertiary alicyclic amines) is 1. The number of nitrogens with one attached hydrogen (secondary N) is 1. The van der Waals surface area contributed by atoms with Crippen molar-refractivity contribution in [1.29, 1.82) is 0 Å². The van der Waals surface area contributed by atoms with Crippen LogP contribution in [0.4, 0.5) is 0 Å². The van der Waals surface area contributed by atoms with Crippen molar-refractivity contribution in [3.8, 4) is 5.75 Å². The largest absolute Gasteiger partial charge is 0.497 e. The Bertz CT molecular complexity index is 981. The molecule has 0 bridgehead atoms. The lowest BCUT2D eigenvalue weighted by molar-refractivity contribution is -0.135. The van der Waals surface area contributed by atoms with Crippen LogP contribution < -0.4 is 15.7 Å². The molecule has 1 aromatic heterocycles. The van der Waals surface area contributed by atoms with E-state index in [1.54, 1.807) is 18.1 Å². The van der Waals surface area contributed by atoms with E-state index in [1.807, 2.05) is 26.0 Å². The van der Waals surface area contributed by atoms with Crippen LogP contribution in [0.3, 0.4) is 0 Å². The highest BCUT2D eigenvalue weighted by atomic mass is 16.5. The van der Waals surface area contributed by atoms with Gasteiger partial charge >= 0.3 is 5.63 Å². The molecule has 7 nitrogen and oxygen atoms in total. The van der Waals surface area contributed by atoms with Gasteiger partial charge in [-0.05, 0) is 50.3 Å². The first-order chi connectivity index (χ1) is 14.4. The van der Waals surface area contributed by atoms with Gasteiger partial charge in [0.15, 0.2) is 0 Å². The summed E-state index contributed by atoms with van der Waals surface area (Å²) in [5, 5.41) is 3.76. The molecule has 1 fully saturated rings. The summed E-state index contributed by atoms with van der Waals surface area (Å²) in [4.78, 5) is 39.3. The first kappa shape index (κ1) is 21.9. The number of hydrogen-bond donors (Lipinski definition) is 1. The molecular formula is C23H30N2O5. The first-order valence-electron chi connectivity index (χ1n) is 10.6. The van der Waals surface area contributed by atoms with E-state index in [1.165, 1.54) is 0 Å². The molecule has 1 unspecified atom stereocenters. The fourth-order valence-corrected chi connectivity index (χ4v) is 3.99. The van der Waals surface area contributed by atoms with E-state index in [0.29, 0.717) is 43.0 Å². The maximum atomic E-state index is 12.8. The van der Waals surface area contributed by atoms with Gasteiger partial charge in [0.05, 0.1) is 13.0 Å². The second-order valence-corrected chi connectivity index (χ2v) is 7.83. The van der Waals surface area contributed by atoms with Crippen LogP contribution in [0.15, 0.2) is 27.4 Å². The second kappa shape index (κ2) is 9.78. The molecule has 2 heterocycles. The van der Waals surface area contributed by atoms with Crippen molar-refractivity contribution in [3.63, 3.8) is 0 Å². The molecule has 0 aliphatic carbocycles. The highest BCUT2D eigenvalue weighted by molar-refractivity contribution is 5.83. The van der Waals surface area contributed by atoms with E-state index in [2.05, 4.69) is 5.32 Å². The molecule has 3 rings (SSSR count). The number of ether oxygens (including phenoxy) is 1. The van der Waals surface area contributed by atoms with Gasteiger partial charge in [-0.25, -0.2) is 4.79 Å². The molecule has 1 aliphatic rings. The summed E-state index contributed by atoms with van der Waals surface area (Å²) < 4.78 is 10.7. The first-order valence-corrected chi connectivity index (χ1v) is 10.6. The summed E-state index contributed by atoms with van der Waals surface area (Å²) >= 11 is 0. The zero-order valence-electron chi connectivity index (χ0n) is 18.0. The minimum atomic E-state index is -0.420. The van der Waals surface area contributed by atoms with Crippen LogP contribution >= 0.6 is 0 Å². The molecule has 1 aromatic carbocycles. The lowest BCUT2D eigenvalue weighted by Crippen LogP contribution is -2.45. The zero-order valence-corrected chi connectivity index (χ0v) is 18.0. The number of benzene rings is 1. The van der Waals surface area contributed by atoms with Crippen molar-refractivity contribution < 1.29 is 18.7 Å². The minimum Gasteiger partial charge on any atom is -0.497 e. The van der Waals surface area contributed by atoms with E-state index in [9.17, 15) is 14.4 Å². The van der Waals surface area contributed by atoms with Gasteiger partial charge in [-0.1, -0.05) is 6.92 Å². The predicted octanol–water partition coefficient (Wildman–Crippen LogP) is 2.81. The minimum absolute atomic E-state index is 0.0239. The summed E-state index contributed by atoms with van der Waals surface area (Å²) in [7, 11) is 1.56. The SMILES string of the molecule is CCCNC(=O)C1CCCN(C(=O)CCc2c(C)c3ccc(OC)cc3oc2=O)C1. The fraction of sp³-hybridized carbons (Fsp3) is 0.522. The molecule has 162 valence electrons. The summed E-state index contributed by atoms with van der Waals surface area (Å²) in [5.41, 5.74) is 1.41. The molecule has 1 N–H and O–H groups in total. The number of amides is 2. The van der Waals surface area contributed by atoms with Crippen LogP contribution in [-0.4, -0.2) is 43.5 Å². The van der Waals surface area contributed by atoms with Gasteiger partial charge in [-0.3, -0.25) is 9.59 Å². The van der Waals surface area contributed by atoms with Gasteiger partial charge in [-0.2, -0.15) is 0 Å². The third-order valence-electron chi connectivity index (χ3n) is 5.78. The van der Waals surface area contributed by atoms with E-state index >= 15 is 0 Å². The van der Waals surface area contributed by atoms with E-state index in [0.717, 1.165) is 30.2 Å². The molecule has 0 spiro atoms. The van der Waals surface area contributed by atoms with Gasteiger partial charge in [0, 0.05) is 43.1 Å². The second-order valence-electron chi connectivity index (χ2n) is 7.83. The van der Waals surface area contributed by atoms with Gasteiger partial charge in [0.1, 0.15) is 11.3 Å². The number of fused-ring (bicyclic) bond motifs is 1. The van der Waals surface area contributed by atoms with Crippen molar-refractivity contribution in [3.05, 3.63) is 39.7 Å². The maximum absolute atomic E-state index is 12.8. The maximum Gasteiger partial charge on any atom is 0.339 e. The number of nitrogens with zero attached hydrogens (tertiary/aromatic N) is 1. The van der Waals surface area contributed by atoms with Crippen LogP contribution in [0.25, 0.3) is 11.0 Å². The van der Waals surface area contributed by atoms with Gasteiger partial charge < -0.3 is 19.4 Å². The smallest absolute Gasteiger partial charge is 0.339 e. The number of aryl methyl sites for hydroxylation is 1. The molecule has 30 heavy (non-hydrogen) atoms. The zero-order chi connectivity index (χ0) is 21.7. The molecule has 2 amide bonds. The van der Waals surface area contributed by atoms with Crippen LogP contribution in [0.2, 0.25) is 0 Å². The summed E-state index contributed by atoms with van der Waals surface area (Å²) in [6, 6.07) is 5.37. The Kier molecular flexibility index (Phi) is 7.13. The third kappa shape index (κ3) is 4.83. The Morgan fingerprint density at radius 1 is 1.33 bits per heavy atom. The number of rotatable bonds is 7. The highest BCUT2D eigenvalue weighted by Gasteiger charge is 2.28. The lowest BCUT2D eigenvalue weighted by Gasteiger charge is -2.32. The normalized spacial score (nSPS) is 16.5. The van der Waals surface area contributed by atoms with Crippen LogP contribution in [0.1, 0.15) is 43.7 Å². The van der Waals surface area contributed by atoms with Crippen molar-refractivity contribution >= 4 is 22.8 Å². The monoisotopic (exact) mass is 414 g/mol. The third-order valence-corrected chi connectivity index (χ3v) is 5.78. The summed E-state index contributed by atoms with van der Waals surface area (Å²) in [6.45, 7) is 5.65. The molecule has 1 aliphatic heterocycles. The average molecular weight is 415 g/mol. The molecule has 0 radical (unpaired) electrons. The van der Waals surface area contributed by atoms with Gasteiger partial charge in [0.25, 0.3) is 0 Å². The van der Waals surface area contributed by atoms with Gasteiger partial charge in [0.2, 0.25) is 11.8 Å². The average Bonchev–Trinajstić information content (AvgIpc) is 2.76. The Morgan fingerprint density at radius 3 is 2.87 bits per heavy atom. The molecule has 1 saturated heterocycles. The molecular weight excluding hydrogens is 384 g/mol.